The molecule has 1 unspecified atom stereocenters. The first kappa shape index (κ1) is 21.9. The van der Waals surface area contributed by atoms with Gasteiger partial charge < -0.3 is 44.7 Å². The van der Waals surface area contributed by atoms with E-state index in [1.165, 1.54) is 0 Å². The van der Waals surface area contributed by atoms with E-state index < -0.39 is 34.3 Å². The summed E-state index contributed by atoms with van der Waals surface area (Å²) >= 11 is 0. The van der Waals surface area contributed by atoms with Crippen LogP contribution in [0.5, 0.6) is 0 Å². The van der Waals surface area contributed by atoms with Crippen LogP contribution in [0.1, 0.15) is 0 Å². The van der Waals surface area contributed by atoms with Gasteiger partial charge in [-0.3, -0.25) is 0 Å². The maximum absolute atomic E-state index is 9.52. The number of aliphatic carboxylic acids is 1. The first-order chi connectivity index (χ1) is 7.18. The van der Waals surface area contributed by atoms with E-state index in [1.54, 1.807) is 0 Å². The fourth-order valence-corrected chi connectivity index (χ4v) is 0.0781. The Morgan fingerprint density at radius 3 is 1.12 bits per heavy atom. The smallest absolute Gasteiger partial charge is 0.466 e. The lowest BCUT2D eigenvalue weighted by molar-refractivity contribution is -0.148. The minimum atomic E-state index is -4.64. The van der Waals surface area contributed by atoms with E-state index >= 15 is 0 Å². The maximum atomic E-state index is 9.52. The molecule has 106 valence electrons. The van der Waals surface area contributed by atoms with Crippen LogP contribution in [-0.4, -0.2) is 63.4 Å². The van der Waals surface area contributed by atoms with Gasteiger partial charge in [-0.1, -0.05) is 0 Å². The minimum absolute atomic E-state index is 0.727. The summed E-state index contributed by atoms with van der Waals surface area (Å²) in [5.74, 6) is -1.40. The van der Waals surface area contributed by atoms with Crippen LogP contribution >= 0.6 is 15.6 Å². The van der Waals surface area contributed by atoms with Crippen molar-refractivity contribution in [1.82, 2.24) is 0 Å². The molecule has 0 aliphatic heterocycles. The number of aliphatic hydroxyl groups excluding tert-OH is 2. The van der Waals surface area contributed by atoms with Crippen LogP contribution in [0.4, 0.5) is 0 Å². The van der Waals surface area contributed by atoms with Crippen molar-refractivity contribution in [1.29, 1.82) is 0 Å². The predicted molar refractivity (Wildman–Crippen MR) is 49.3 cm³/mol. The zero-order chi connectivity index (χ0) is 14.9. The fraction of sp³-hybridized carbons (Fsp3) is 0.667. The lowest BCUT2D eigenvalue weighted by atomic mass is 10.4. The summed E-state index contributed by atoms with van der Waals surface area (Å²) in [6, 6.07) is 0. The molecule has 0 fully saturated rings. The number of hydrogen-bond donors (Lipinski definition) is 9. The number of aliphatic hydroxyl groups is 2. The number of carbonyl (C=O) groups is 1. The second kappa shape index (κ2) is 9.62. The minimum Gasteiger partial charge on any atom is -0.479 e. The third-order valence-electron chi connectivity index (χ3n) is 0.458. The number of carboxylic acids is 1. The van der Waals surface area contributed by atoms with Crippen molar-refractivity contribution < 1.29 is 58.6 Å². The molecule has 0 aromatic carbocycles. The fourth-order valence-electron chi connectivity index (χ4n) is 0.0781. The summed E-state index contributed by atoms with van der Waals surface area (Å²) in [6.07, 6.45) is -1.63. The topological polar surface area (TPSA) is 233 Å². The highest BCUT2D eigenvalue weighted by atomic mass is 31.2. The Morgan fingerprint density at radius 2 is 1.12 bits per heavy atom. The van der Waals surface area contributed by atoms with Gasteiger partial charge in [0.2, 0.25) is 0 Å². The Labute approximate surface area is 93.9 Å². The summed E-state index contributed by atoms with van der Waals surface area (Å²) in [7, 11) is -9.28. The van der Waals surface area contributed by atoms with Crippen LogP contribution in [0.25, 0.3) is 0 Å². The Hall–Kier alpha value is -0.390. The highest BCUT2D eigenvalue weighted by molar-refractivity contribution is 7.45. The highest BCUT2D eigenvalue weighted by Crippen LogP contribution is 2.26. The second-order valence-corrected chi connectivity index (χ2v) is 4.12. The van der Waals surface area contributed by atoms with Crippen molar-refractivity contribution in [3.05, 3.63) is 0 Å². The van der Waals surface area contributed by atoms with Gasteiger partial charge in [0, 0.05) is 0 Å². The van der Waals surface area contributed by atoms with Gasteiger partial charge in [-0.2, -0.15) is 0 Å². The molecule has 9 N–H and O–H groups in total. The molecule has 12 nitrogen and oxygen atoms in total. The highest BCUT2D eigenvalue weighted by Gasteiger charge is 2.08. The van der Waals surface area contributed by atoms with Crippen LogP contribution in [0.2, 0.25) is 0 Å². The predicted octanol–water partition coefficient (Wildman–Crippen LogP) is -3.43. The van der Waals surface area contributed by atoms with Gasteiger partial charge in [-0.25, -0.2) is 13.9 Å². The standard InChI is InChI=1S/C3H6O4.2H3O4P/c4-1-2(5)3(6)7;2*1-5(2,3)4/h2,4-5H,1H2,(H,6,7);2*(H3,1,2,3,4). The summed E-state index contributed by atoms with van der Waals surface area (Å²) in [5, 5.41) is 23.7. The van der Waals surface area contributed by atoms with Crippen LogP contribution < -0.4 is 0 Å². The number of phosphoric acid groups is 2. The first-order valence-electron chi connectivity index (χ1n) is 3.26. The molecular formula is C3H12O12P2. The van der Waals surface area contributed by atoms with Gasteiger partial charge in [-0.15, -0.1) is 0 Å². The monoisotopic (exact) mass is 302 g/mol. The number of carboxylic acid groups (broad SMARTS) is 1. The molecule has 0 saturated heterocycles. The number of hydrogen-bond acceptors (Lipinski definition) is 5. The molecule has 0 aliphatic carbocycles. The van der Waals surface area contributed by atoms with E-state index in [9.17, 15) is 4.79 Å². The number of rotatable bonds is 2. The molecule has 14 heteroatoms. The van der Waals surface area contributed by atoms with E-state index in [0.717, 1.165) is 0 Å². The average Bonchev–Trinajstić information content (AvgIpc) is 1.96. The normalized spacial score (nSPS) is 12.5. The van der Waals surface area contributed by atoms with Crippen LogP contribution in [0, 0.1) is 0 Å². The van der Waals surface area contributed by atoms with E-state index in [0.29, 0.717) is 0 Å². The van der Waals surface area contributed by atoms with Gasteiger partial charge in [0.05, 0.1) is 6.61 Å². The Kier molecular flexibility index (Phi) is 12.4. The van der Waals surface area contributed by atoms with Crippen molar-refractivity contribution in [3.8, 4) is 0 Å². The summed E-state index contributed by atoms with van der Waals surface area (Å²) in [5.41, 5.74) is 0. The van der Waals surface area contributed by atoms with Gasteiger partial charge >= 0.3 is 21.6 Å². The van der Waals surface area contributed by atoms with Gasteiger partial charge in [0.1, 0.15) is 0 Å². The lowest BCUT2D eigenvalue weighted by Crippen LogP contribution is -2.22. The van der Waals surface area contributed by atoms with Crippen molar-refractivity contribution >= 4 is 21.6 Å². The van der Waals surface area contributed by atoms with Crippen molar-refractivity contribution in [3.63, 3.8) is 0 Å². The molecule has 0 aliphatic rings. The maximum Gasteiger partial charge on any atom is 0.466 e. The van der Waals surface area contributed by atoms with Crippen LogP contribution in [0.15, 0.2) is 0 Å². The molecule has 0 heterocycles. The van der Waals surface area contributed by atoms with E-state index in [4.69, 9.17) is 53.8 Å². The van der Waals surface area contributed by atoms with Gasteiger partial charge in [0.15, 0.2) is 6.10 Å². The molecule has 0 amide bonds. The third-order valence-corrected chi connectivity index (χ3v) is 0.458. The van der Waals surface area contributed by atoms with Crippen molar-refractivity contribution in [2.24, 2.45) is 0 Å². The van der Waals surface area contributed by atoms with Crippen LogP contribution in [-0.2, 0) is 13.9 Å². The zero-order valence-electron chi connectivity index (χ0n) is 7.93. The van der Waals surface area contributed by atoms with E-state index in [1.807, 2.05) is 0 Å². The van der Waals surface area contributed by atoms with Crippen molar-refractivity contribution in [2.45, 2.75) is 6.10 Å². The third kappa shape index (κ3) is 91.9. The molecule has 0 aromatic heterocycles. The molecule has 0 bridgehead atoms. The summed E-state index contributed by atoms with van der Waals surface area (Å²) in [6.45, 7) is -0.727. The Balaban J connectivity index is -0.000000177. The molecule has 0 radical (unpaired) electrons. The molecular weight excluding hydrogens is 290 g/mol. The SMILES string of the molecule is O=C(O)C(O)CO.O=P(O)(O)O.O=P(O)(O)O. The van der Waals surface area contributed by atoms with E-state index in [-0.39, 0.29) is 0 Å². The van der Waals surface area contributed by atoms with Crippen molar-refractivity contribution in [2.75, 3.05) is 6.61 Å². The molecule has 0 saturated carbocycles. The molecule has 0 aromatic rings. The largest absolute Gasteiger partial charge is 0.479 e. The molecule has 0 spiro atoms. The van der Waals surface area contributed by atoms with Crippen LogP contribution in [0.3, 0.4) is 0 Å². The average molecular weight is 302 g/mol. The Morgan fingerprint density at radius 1 is 0.941 bits per heavy atom. The summed E-state index contributed by atoms with van der Waals surface area (Å²) in [4.78, 5) is 52.6. The molecule has 17 heavy (non-hydrogen) atoms. The van der Waals surface area contributed by atoms with Gasteiger partial charge in [0.25, 0.3) is 0 Å². The lowest BCUT2D eigenvalue weighted by Gasteiger charge is -1.95. The van der Waals surface area contributed by atoms with Gasteiger partial charge in [-0.05, 0) is 0 Å². The second-order valence-electron chi connectivity index (χ2n) is 2.06. The Bertz CT molecular complexity index is 250. The first-order valence-corrected chi connectivity index (χ1v) is 6.39. The zero-order valence-corrected chi connectivity index (χ0v) is 9.72. The summed E-state index contributed by atoms with van der Waals surface area (Å²) < 4.78 is 17.8. The molecule has 0 rings (SSSR count). The quantitative estimate of drug-likeness (QED) is 0.227. The molecule has 1 atom stereocenters. The van der Waals surface area contributed by atoms with E-state index in [2.05, 4.69) is 0 Å².